The molecule has 0 radical (unpaired) electrons. The van der Waals surface area contributed by atoms with E-state index in [9.17, 15) is 19.2 Å². The summed E-state index contributed by atoms with van der Waals surface area (Å²) in [6.07, 6.45) is 3.60. The first-order valence-electron chi connectivity index (χ1n) is 10.1. The number of piperidine rings is 2. The summed E-state index contributed by atoms with van der Waals surface area (Å²) < 4.78 is 0. The van der Waals surface area contributed by atoms with E-state index in [0.29, 0.717) is 0 Å². The fourth-order valence-corrected chi connectivity index (χ4v) is 4.25. The van der Waals surface area contributed by atoms with Crippen LogP contribution in [-0.4, -0.2) is 72.7 Å². The minimum atomic E-state index is -0.0438. The van der Waals surface area contributed by atoms with Crippen molar-refractivity contribution in [1.82, 2.24) is 20.4 Å². The summed E-state index contributed by atoms with van der Waals surface area (Å²) in [6.45, 7) is 8.57. The van der Waals surface area contributed by atoms with Crippen molar-refractivity contribution >= 4 is 23.6 Å². The number of amides is 4. The van der Waals surface area contributed by atoms with E-state index in [0.717, 1.165) is 38.8 Å². The molecule has 0 aliphatic carbocycles. The molecule has 4 atom stereocenters. The van der Waals surface area contributed by atoms with Gasteiger partial charge in [-0.2, -0.15) is 0 Å². The van der Waals surface area contributed by atoms with Crippen molar-refractivity contribution in [2.75, 3.05) is 27.2 Å². The van der Waals surface area contributed by atoms with Gasteiger partial charge in [-0.05, 0) is 39.5 Å². The maximum Gasteiger partial charge on any atom is 0.224 e. The van der Waals surface area contributed by atoms with Crippen molar-refractivity contribution in [3.05, 3.63) is 0 Å². The van der Waals surface area contributed by atoms with E-state index >= 15 is 0 Å². The van der Waals surface area contributed by atoms with Gasteiger partial charge in [0, 0.05) is 53.1 Å². The summed E-state index contributed by atoms with van der Waals surface area (Å²) in [5, 5.41) is 5.30. The van der Waals surface area contributed by atoms with Crippen LogP contribution in [0.2, 0.25) is 0 Å². The number of carbonyl (C=O) groups excluding carboxylic acids is 4. The number of hydrogen-bond donors (Lipinski definition) is 2. The zero-order valence-corrected chi connectivity index (χ0v) is 18.1. The first kappa shape index (κ1) is 23.9. The summed E-state index contributed by atoms with van der Waals surface area (Å²) in [7, 11) is 3.28. The van der Waals surface area contributed by atoms with E-state index in [-0.39, 0.29) is 47.5 Å². The molecule has 2 aliphatic rings. The number of hydrogen-bond acceptors (Lipinski definition) is 4. The van der Waals surface area contributed by atoms with Crippen LogP contribution in [0.15, 0.2) is 0 Å². The normalized spacial score (nSPS) is 27.2. The first-order valence-corrected chi connectivity index (χ1v) is 10.1. The van der Waals surface area contributed by atoms with Crippen molar-refractivity contribution in [1.29, 1.82) is 0 Å². The lowest BCUT2D eigenvalue weighted by atomic mass is 9.89. The van der Waals surface area contributed by atoms with Crippen LogP contribution in [-0.2, 0) is 19.2 Å². The zero-order valence-electron chi connectivity index (χ0n) is 18.1. The van der Waals surface area contributed by atoms with Crippen LogP contribution in [0.5, 0.6) is 0 Å². The molecule has 0 saturated carbocycles. The highest BCUT2D eigenvalue weighted by atomic mass is 16.2. The van der Waals surface area contributed by atoms with Crippen molar-refractivity contribution < 1.29 is 19.2 Å². The van der Waals surface area contributed by atoms with Crippen molar-refractivity contribution in [2.45, 2.75) is 65.5 Å². The Hall–Kier alpha value is -2.12. The van der Waals surface area contributed by atoms with Crippen LogP contribution in [0.3, 0.4) is 0 Å². The highest BCUT2D eigenvalue weighted by Crippen LogP contribution is 2.24. The Morgan fingerprint density at radius 1 is 0.714 bits per heavy atom. The maximum atomic E-state index is 11.5. The van der Waals surface area contributed by atoms with Crippen molar-refractivity contribution in [3.63, 3.8) is 0 Å². The Labute approximate surface area is 168 Å². The van der Waals surface area contributed by atoms with Gasteiger partial charge in [0.05, 0.1) is 11.8 Å². The molecule has 28 heavy (non-hydrogen) atoms. The van der Waals surface area contributed by atoms with E-state index in [1.807, 2.05) is 13.8 Å². The van der Waals surface area contributed by atoms with E-state index in [1.54, 1.807) is 37.7 Å². The standard InChI is InChI=1S/2C10H18N2O2/c2*1-7-9(10(14)11-3)5-4-6-12(7)8(2)13/h2*7,9H,4-6H2,1-3H3,(H,11,14)/t2*7-,9?/m00/s1. The van der Waals surface area contributed by atoms with Gasteiger partial charge in [0.2, 0.25) is 23.6 Å². The highest BCUT2D eigenvalue weighted by Gasteiger charge is 2.34. The molecule has 0 aromatic rings. The predicted octanol–water partition coefficient (Wildman–Crippen LogP) is 0.759. The average molecular weight is 397 g/mol. The van der Waals surface area contributed by atoms with Gasteiger partial charge in [0.25, 0.3) is 0 Å². The van der Waals surface area contributed by atoms with E-state index in [2.05, 4.69) is 10.6 Å². The lowest BCUT2D eigenvalue weighted by Crippen LogP contribution is -2.50. The van der Waals surface area contributed by atoms with Gasteiger partial charge in [0.1, 0.15) is 0 Å². The van der Waals surface area contributed by atoms with Crippen LogP contribution in [0.4, 0.5) is 0 Å². The topological polar surface area (TPSA) is 98.8 Å². The second-order valence-corrected chi connectivity index (χ2v) is 7.63. The monoisotopic (exact) mass is 396 g/mol. The summed E-state index contributed by atoms with van der Waals surface area (Å²) in [4.78, 5) is 49.1. The van der Waals surface area contributed by atoms with E-state index < -0.39 is 0 Å². The number of likely N-dealkylation sites (tertiary alicyclic amines) is 2. The van der Waals surface area contributed by atoms with Crippen LogP contribution >= 0.6 is 0 Å². The molecule has 160 valence electrons. The minimum absolute atomic E-state index is 0.0289. The molecule has 2 saturated heterocycles. The molecule has 2 heterocycles. The second-order valence-electron chi connectivity index (χ2n) is 7.63. The van der Waals surface area contributed by atoms with Crippen LogP contribution < -0.4 is 10.6 Å². The number of rotatable bonds is 2. The van der Waals surface area contributed by atoms with Crippen molar-refractivity contribution in [2.24, 2.45) is 11.8 Å². The SMILES string of the molecule is CNC(=O)C1CCCN(C(C)=O)[C@H]1C.CNC(=O)C1CCCN(C(C)=O)[C@H]1C. The fraction of sp³-hybridized carbons (Fsp3) is 0.800. The Bertz CT molecular complexity index is 531. The van der Waals surface area contributed by atoms with Gasteiger partial charge in [-0.3, -0.25) is 19.2 Å². The quantitative estimate of drug-likeness (QED) is 0.720. The lowest BCUT2D eigenvalue weighted by molar-refractivity contribution is -0.139. The van der Waals surface area contributed by atoms with Gasteiger partial charge in [0.15, 0.2) is 0 Å². The molecule has 2 fully saturated rings. The third-order valence-electron chi connectivity index (χ3n) is 5.95. The predicted molar refractivity (Wildman–Crippen MR) is 107 cm³/mol. The molecule has 8 nitrogen and oxygen atoms in total. The number of nitrogens with zero attached hydrogens (tertiary/aromatic N) is 2. The summed E-state index contributed by atoms with van der Waals surface area (Å²) >= 11 is 0. The maximum absolute atomic E-state index is 11.5. The van der Waals surface area contributed by atoms with Gasteiger partial charge in [-0.15, -0.1) is 0 Å². The Morgan fingerprint density at radius 3 is 1.29 bits per heavy atom. The molecular formula is C20H36N4O4. The Kier molecular flexibility index (Phi) is 9.41. The molecule has 2 N–H and O–H groups in total. The lowest BCUT2D eigenvalue weighted by Gasteiger charge is -2.37. The summed E-state index contributed by atoms with van der Waals surface area (Å²) in [5.41, 5.74) is 0. The molecule has 2 aliphatic heterocycles. The zero-order chi connectivity index (χ0) is 21.4. The Balaban J connectivity index is 0.000000280. The summed E-state index contributed by atoms with van der Waals surface area (Å²) in [6, 6.07) is 0.0578. The fourth-order valence-electron chi connectivity index (χ4n) is 4.25. The third kappa shape index (κ3) is 5.94. The molecule has 4 amide bonds. The van der Waals surface area contributed by atoms with Crippen LogP contribution in [0, 0.1) is 11.8 Å². The van der Waals surface area contributed by atoms with Gasteiger partial charge >= 0.3 is 0 Å². The molecule has 0 bridgehead atoms. The summed E-state index contributed by atoms with van der Waals surface area (Å²) in [5.74, 6) is 0.124. The number of nitrogens with one attached hydrogen (secondary N) is 2. The molecule has 8 heteroatoms. The molecule has 0 aromatic carbocycles. The van der Waals surface area contributed by atoms with Gasteiger partial charge < -0.3 is 20.4 Å². The highest BCUT2D eigenvalue weighted by molar-refractivity contribution is 5.81. The van der Waals surface area contributed by atoms with Gasteiger partial charge in [-0.25, -0.2) is 0 Å². The van der Waals surface area contributed by atoms with Gasteiger partial charge in [-0.1, -0.05) is 0 Å². The van der Waals surface area contributed by atoms with Crippen LogP contribution in [0.1, 0.15) is 53.4 Å². The molecule has 0 spiro atoms. The molecular weight excluding hydrogens is 360 g/mol. The Morgan fingerprint density at radius 2 is 1.04 bits per heavy atom. The van der Waals surface area contributed by atoms with E-state index in [1.165, 1.54) is 0 Å². The molecule has 0 aromatic heterocycles. The second kappa shape index (κ2) is 11.0. The molecule has 2 unspecified atom stereocenters. The third-order valence-corrected chi connectivity index (χ3v) is 5.95. The average Bonchev–Trinajstić information content (AvgIpc) is 2.67. The van der Waals surface area contributed by atoms with Crippen molar-refractivity contribution in [3.8, 4) is 0 Å². The largest absolute Gasteiger partial charge is 0.359 e. The first-order chi connectivity index (χ1) is 13.1. The number of carbonyl (C=O) groups is 4. The minimum Gasteiger partial charge on any atom is -0.359 e. The molecule has 2 rings (SSSR count). The van der Waals surface area contributed by atoms with E-state index in [4.69, 9.17) is 0 Å². The smallest absolute Gasteiger partial charge is 0.224 e. The van der Waals surface area contributed by atoms with Crippen LogP contribution in [0.25, 0.3) is 0 Å².